The number of nitrogens with one attached hydrogen (secondary N) is 1. The molecule has 1 aliphatic rings. The monoisotopic (exact) mass is 266 g/mol. The Morgan fingerprint density at radius 2 is 2.12 bits per heavy atom. The van der Waals surface area contributed by atoms with Crippen molar-refractivity contribution in [2.24, 2.45) is 0 Å². The van der Waals surface area contributed by atoms with Crippen molar-refractivity contribution in [2.45, 2.75) is 6.54 Å². The van der Waals surface area contributed by atoms with Crippen molar-refractivity contribution >= 4 is 33.0 Å². The highest BCUT2D eigenvalue weighted by molar-refractivity contribution is 7.19. The van der Waals surface area contributed by atoms with Crippen LogP contribution in [-0.2, 0) is 6.54 Å². The van der Waals surface area contributed by atoms with Crippen LogP contribution in [0.15, 0.2) is 24.3 Å². The molecule has 90 valence electrons. The molecule has 2 heterocycles. The second-order valence-electron chi connectivity index (χ2n) is 4.40. The molecule has 0 unspecified atom stereocenters. The number of benzene rings is 1. The summed E-state index contributed by atoms with van der Waals surface area (Å²) in [5, 5.41) is 5.52. The van der Waals surface area contributed by atoms with E-state index < -0.39 is 0 Å². The maximum atomic E-state index is 6.20. The van der Waals surface area contributed by atoms with E-state index in [1.54, 1.807) is 0 Å². The summed E-state index contributed by atoms with van der Waals surface area (Å²) in [6.45, 7) is 5.54. The van der Waals surface area contributed by atoms with E-state index in [9.17, 15) is 0 Å². The van der Waals surface area contributed by atoms with Crippen LogP contribution in [0, 0.1) is 0 Å². The maximum Gasteiger partial charge on any atom is 0.0584 e. The molecule has 2 aromatic rings. The van der Waals surface area contributed by atoms with Crippen LogP contribution in [0.1, 0.15) is 4.88 Å². The van der Waals surface area contributed by atoms with E-state index in [1.807, 2.05) is 23.5 Å². The molecule has 0 spiro atoms. The lowest BCUT2D eigenvalue weighted by Crippen LogP contribution is -2.42. The Morgan fingerprint density at radius 3 is 2.88 bits per heavy atom. The van der Waals surface area contributed by atoms with Crippen LogP contribution in [0.3, 0.4) is 0 Å². The Labute approximate surface area is 110 Å². The van der Waals surface area contributed by atoms with Crippen LogP contribution in [0.5, 0.6) is 0 Å². The number of thiophene rings is 1. The van der Waals surface area contributed by atoms with Crippen LogP contribution < -0.4 is 5.32 Å². The molecular weight excluding hydrogens is 252 g/mol. The summed E-state index contributed by atoms with van der Waals surface area (Å²) >= 11 is 8.02. The number of hydrogen-bond acceptors (Lipinski definition) is 3. The summed E-state index contributed by atoms with van der Waals surface area (Å²) in [7, 11) is 0. The lowest BCUT2D eigenvalue weighted by atomic mass is 10.2. The van der Waals surface area contributed by atoms with Gasteiger partial charge in [-0.15, -0.1) is 11.3 Å². The summed E-state index contributed by atoms with van der Waals surface area (Å²) in [6.07, 6.45) is 0. The van der Waals surface area contributed by atoms with Gasteiger partial charge in [-0.2, -0.15) is 0 Å². The minimum atomic E-state index is 0.874. The van der Waals surface area contributed by atoms with Crippen molar-refractivity contribution in [3.05, 3.63) is 34.2 Å². The molecule has 1 aromatic heterocycles. The van der Waals surface area contributed by atoms with Gasteiger partial charge >= 0.3 is 0 Å². The first-order valence-corrected chi connectivity index (χ1v) is 7.12. The lowest BCUT2D eigenvalue weighted by Gasteiger charge is -2.26. The van der Waals surface area contributed by atoms with Gasteiger partial charge < -0.3 is 5.32 Å². The van der Waals surface area contributed by atoms with Gasteiger partial charge in [0.1, 0.15) is 0 Å². The van der Waals surface area contributed by atoms with Gasteiger partial charge in [0.25, 0.3) is 0 Å². The number of halogens is 1. The van der Waals surface area contributed by atoms with E-state index >= 15 is 0 Å². The topological polar surface area (TPSA) is 15.3 Å². The van der Waals surface area contributed by atoms with Gasteiger partial charge in [-0.25, -0.2) is 0 Å². The second-order valence-corrected chi connectivity index (χ2v) is 5.94. The molecule has 1 aliphatic heterocycles. The van der Waals surface area contributed by atoms with E-state index in [2.05, 4.69) is 22.3 Å². The van der Waals surface area contributed by atoms with Gasteiger partial charge in [-0.05, 0) is 17.5 Å². The molecule has 0 aliphatic carbocycles. The summed E-state index contributed by atoms with van der Waals surface area (Å²) < 4.78 is 1.22. The molecule has 1 aromatic carbocycles. The maximum absolute atomic E-state index is 6.20. The fourth-order valence-corrected chi connectivity index (χ4v) is 3.65. The van der Waals surface area contributed by atoms with E-state index in [4.69, 9.17) is 11.6 Å². The summed E-state index contributed by atoms with van der Waals surface area (Å²) in [5.41, 5.74) is 0. The highest BCUT2D eigenvalue weighted by Gasteiger charge is 2.12. The van der Waals surface area contributed by atoms with Crippen molar-refractivity contribution in [3.8, 4) is 0 Å². The van der Waals surface area contributed by atoms with E-state index in [0.717, 1.165) is 37.7 Å². The van der Waals surface area contributed by atoms with Crippen LogP contribution in [0.4, 0.5) is 0 Å². The first-order chi connectivity index (χ1) is 8.33. The fourth-order valence-electron chi connectivity index (χ4n) is 2.25. The second kappa shape index (κ2) is 4.94. The average Bonchev–Trinajstić information content (AvgIpc) is 2.74. The molecule has 4 heteroatoms. The minimum Gasteiger partial charge on any atom is -0.314 e. The van der Waals surface area contributed by atoms with Gasteiger partial charge in [-0.1, -0.05) is 23.7 Å². The Bertz CT molecular complexity index is 517. The third kappa shape index (κ3) is 2.47. The van der Waals surface area contributed by atoms with Gasteiger partial charge in [-0.3, -0.25) is 4.90 Å². The van der Waals surface area contributed by atoms with E-state index in [0.29, 0.717) is 0 Å². The first kappa shape index (κ1) is 11.5. The van der Waals surface area contributed by atoms with Gasteiger partial charge in [0.15, 0.2) is 0 Å². The number of hydrogen-bond donors (Lipinski definition) is 1. The largest absolute Gasteiger partial charge is 0.314 e. The Kier molecular flexibility index (Phi) is 3.34. The highest BCUT2D eigenvalue weighted by atomic mass is 35.5. The van der Waals surface area contributed by atoms with E-state index in [-0.39, 0.29) is 0 Å². The number of nitrogens with zero attached hydrogens (tertiary/aromatic N) is 1. The summed E-state index contributed by atoms with van der Waals surface area (Å²) in [4.78, 5) is 3.91. The van der Waals surface area contributed by atoms with Crippen LogP contribution in [0.25, 0.3) is 10.1 Å². The molecule has 0 atom stereocenters. The summed E-state index contributed by atoms with van der Waals surface area (Å²) in [5.74, 6) is 0. The smallest absolute Gasteiger partial charge is 0.0584 e. The molecule has 0 radical (unpaired) electrons. The molecule has 0 bridgehead atoms. The summed E-state index contributed by atoms with van der Waals surface area (Å²) in [6, 6.07) is 8.40. The third-order valence-corrected chi connectivity index (χ3v) is 4.73. The first-order valence-electron chi connectivity index (χ1n) is 5.93. The molecule has 1 N–H and O–H groups in total. The molecule has 0 amide bonds. The van der Waals surface area contributed by atoms with Crippen molar-refractivity contribution in [1.29, 1.82) is 0 Å². The van der Waals surface area contributed by atoms with Crippen molar-refractivity contribution in [1.82, 2.24) is 10.2 Å². The van der Waals surface area contributed by atoms with Crippen molar-refractivity contribution in [3.63, 3.8) is 0 Å². The average molecular weight is 267 g/mol. The quantitative estimate of drug-likeness (QED) is 0.899. The molecule has 2 nitrogen and oxygen atoms in total. The molecule has 1 fully saturated rings. The van der Waals surface area contributed by atoms with Crippen molar-refractivity contribution < 1.29 is 0 Å². The Balaban J connectivity index is 1.83. The predicted molar refractivity (Wildman–Crippen MR) is 75.0 cm³/mol. The van der Waals surface area contributed by atoms with Crippen molar-refractivity contribution in [2.75, 3.05) is 26.2 Å². The van der Waals surface area contributed by atoms with Gasteiger partial charge in [0, 0.05) is 37.6 Å². The van der Waals surface area contributed by atoms with Gasteiger partial charge in [0.2, 0.25) is 0 Å². The SMILES string of the molecule is Clc1cccc2cc(CN3CCNCC3)sc12. The molecule has 0 saturated carbocycles. The molecule has 3 rings (SSSR count). The number of fused-ring (bicyclic) bond motifs is 1. The molecule has 17 heavy (non-hydrogen) atoms. The zero-order valence-electron chi connectivity index (χ0n) is 9.58. The van der Waals surface area contributed by atoms with Crippen LogP contribution >= 0.6 is 22.9 Å². The predicted octanol–water partition coefficient (Wildman–Crippen LogP) is 2.96. The molecular formula is C13H15ClN2S. The Morgan fingerprint density at radius 1 is 1.29 bits per heavy atom. The number of rotatable bonds is 2. The van der Waals surface area contributed by atoms with Crippen LogP contribution in [0.2, 0.25) is 5.02 Å². The fraction of sp³-hybridized carbons (Fsp3) is 0.385. The highest BCUT2D eigenvalue weighted by Crippen LogP contribution is 2.32. The normalized spacial score (nSPS) is 17.7. The minimum absolute atomic E-state index is 0.874. The Hall–Kier alpha value is -0.610. The zero-order valence-corrected chi connectivity index (χ0v) is 11.2. The standard InChI is InChI=1S/C13H15ClN2S/c14-12-3-1-2-10-8-11(17-13(10)12)9-16-6-4-15-5-7-16/h1-3,8,15H,4-7,9H2. The zero-order chi connectivity index (χ0) is 11.7. The van der Waals surface area contributed by atoms with Crippen LogP contribution in [-0.4, -0.2) is 31.1 Å². The molecule has 1 saturated heterocycles. The third-order valence-electron chi connectivity index (χ3n) is 3.14. The number of piperazine rings is 1. The van der Waals surface area contributed by atoms with Gasteiger partial charge in [0.05, 0.1) is 9.72 Å². The lowest BCUT2D eigenvalue weighted by molar-refractivity contribution is 0.235. The van der Waals surface area contributed by atoms with E-state index in [1.165, 1.54) is 15.0 Å².